The molecule has 0 aliphatic heterocycles. The van der Waals surface area contributed by atoms with Crippen LogP contribution in [-0.2, 0) is 10.2 Å². The third kappa shape index (κ3) is 4.05. The van der Waals surface area contributed by atoms with Crippen molar-refractivity contribution in [1.82, 2.24) is 5.32 Å². The van der Waals surface area contributed by atoms with E-state index in [1.807, 2.05) is 24.3 Å². The molecular formula is C17H24NO3. The predicted octanol–water partition coefficient (Wildman–Crippen LogP) is 2.24. The lowest BCUT2D eigenvalue weighted by molar-refractivity contribution is -0.191. The van der Waals surface area contributed by atoms with Crippen LogP contribution in [0.3, 0.4) is 0 Å². The van der Waals surface area contributed by atoms with Crippen LogP contribution < -0.4 is 5.32 Å². The van der Waals surface area contributed by atoms with Gasteiger partial charge < -0.3 is 15.5 Å². The third-order valence-electron chi connectivity index (χ3n) is 4.42. The highest BCUT2D eigenvalue weighted by Gasteiger charge is 2.37. The van der Waals surface area contributed by atoms with Crippen molar-refractivity contribution in [3.05, 3.63) is 35.9 Å². The minimum atomic E-state index is -2.12. The van der Waals surface area contributed by atoms with E-state index < -0.39 is 5.91 Å². The van der Waals surface area contributed by atoms with Crippen LogP contribution in [0.2, 0.25) is 0 Å². The Morgan fingerprint density at radius 2 is 2.05 bits per heavy atom. The number of aliphatic hydroxyl groups is 2. The minimum absolute atomic E-state index is 0.0587. The van der Waals surface area contributed by atoms with E-state index in [1.165, 1.54) is 6.42 Å². The zero-order valence-corrected chi connectivity index (χ0v) is 12.6. The molecule has 0 saturated heterocycles. The average molecular weight is 290 g/mol. The van der Waals surface area contributed by atoms with Crippen molar-refractivity contribution in [2.24, 2.45) is 0 Å². The molecule has 1 aromatic rings. The summed E-state index contributed by atoms with van der Waals surface area (Å²) in [6.45, 7) is 1.61. The van der Waals surface area contributed by atoms with Crippen LogP contribution in [0.5, 0.6) is 0 Å². The Labute approximate surface area is 126 Å². The van der Waals surface area contributed by atoms with Gasteiger partial charge in [-0.25, -0.2) is 0 Å². The van der Waals surface area contributed by atoms with Crippen LogP contribution in [0, 0.1) is 6.07 Å². The first-order valence-electron chi connectivity index (χ1n) is 7.70. The number of hydrogen-bond donors (Lipinski definition) is 3. The van der Waals surface area contributed by atoms with Gasteiger partial charge in [0.1, 0.15) is 0 Å². The molecule has 4 heteroatoms. The molecule has 1 saturated carbocycles. The monoisotopic (exact) mass is 290 g/mol. The van der Waals surface area contributed by atoms with E-state index in [0.717, 1.165) is 31.2 Å². The maximum atomic E-state index is 12.2. The maximum Gasteiger partial charge on any atom is 0.246 e. The highest BCUT2D eigenvalue weighted by molar-refractivity contribution is 5.78. The molecule has 1 aromatic carbocycles. The topological polar surface area (TPSA) is 69.6 Å². The van der Waals surface area contributed by atoms with Crippen LogP contribution >= 0.6 is 0 Å². The summed E-state index contributed by atoms with van der Waals surface area (Å²) < 4.78 is 0. The van der Waals surface area contributed by atoms with E-state index in [4.69, 9.17) is 0 Å². The number of rotatable bonds is 5. The van der Waals surface area contributed by atoms with Crippen LogP contribution in [0.15, 0.2) is 24.3 Å². The summed E-state index contributed by atoms with van der Waals surface area (Å²) in [5.74, 6) is -2.44. The number of benzene rings is 1. The van der Waals surface area contributed by atoms with E-state index >= 15 is 0 Å². The Bertz CT molecular complexity index is 464. The lowest BCUT2D eigenvalue weighted by Crippen LogP contribution is -2.49. The molecule has 2 rings (SSSR count). The molecule has 115 valence electrons. The zero-order chi connectivity index (χ0) is 15.3. The number of amides is 1. The van der Waals surface area contributed by atoms with Crippen molar-refractivity contribution >= 4 is 5.91 Å². The molecule has 0 bridgehead atoms. The maximum absolute atomic E-state index is 12.2. The van der Waals surface area contributed by atoms with Crippen molar-refractivity contribution in [3.8, 4) is 0 Å². The van der Waals surface area contributed by atoms with E-state index in [2.05, 4.69) is 11.4 Å². The Morgan fingerprint density at radius 3 is 2.62 bits per heavy atom. The lowest BCUT2D eigenvalue weighted by atomic mass is 9.67. The number of carbonyl (C=O) groups is 1. The molecule has 21 heavy (non-hydrogen) atoms. The van der Waals surface area contributed by atoms with E-state index in [0.29, 0.717) is 0 Å². The van der Waals surface area contributed by atoms with Gasteiger partial charge in [-0.1, -0.05) is 50.5 Å². The fourth-order valence-electron chi connectivity index (χ4n) is 3.16. The van der Waals surface area contributed by atoms with Gasteiger partial charge in [-0.05, 0) is 24.5 Å². The number of nitrogens with one attached hydrogen (secondary N) is 1. The van der Waals surface area contributed by atoms with Crippen molar-refractivity contribution in [3.63, 3.8) is 0 Å². The van der Waals surface area contributed by atoms with Crippen LogP contribution in [0.25, 0.3) is 0 Å². The largest absolute Gasteiger partial charge is 0.349 e. The highest BCUT2D eigenvalue weighted by atomic mass is 16.5. The van der Waals surface area contributed by atoms with Gasteiger partial charge in [0.05, 0.1) is 0 Å². The molecule has 1 fully saturated rings. The van der Waals surface area contributed by atoms with Gasteiger partial charge in [-0.15, -0.1) is 0 Å². The summed E-state index contributed by atoms with van der Waals surface area (Å²) in [5, 5.41) is 21.5. The summed E-state index contributed by atoms with van der Waals surface area (Å²) >= 11 is 0. The van der Waals surface area contributed by atoms with Gasteiger partial charge in [0.25, 0.3) is 0 Å². The van der Waals surface area contributed by atoms with Gasteiger partial charge >= 0.3 is 0 Å². The Kier molecular flexibility index (Phi) is 5.01. The van der Waals surface area contributed by atoms with Gasteiger partial charge in [0, 0.05) is 18.3 Å². The van der Waals surface area contributed by atoms with Crippen LogP contribution in [0.1, 0.15) is 57.4 Å². The molecule has 0 spiro atoms. The van der Waals surface area contributed by atoms with E-state index in [1.54, 1.807) is 6.92 Å². The van der Waals surface area contributed by atoms with Gasteiger partial charge in [0.2, 0.25) is 11.8 Å². The summed E-state index contributed by atoms with van der Waals surface area (Å²) in [6, 6.07) is 11.0. The van der Waals surface area contributed by atoms with Crippen LogP contribution in [0.4, 0.5) is 0 Å². The number of carbonyl (C=O) groups excluding carboxylic acids is 1. The summed E-state index contributed by atoms with van der Waals surface area (Å²) in [4.78, 5) is 12.2. The van der Waals surface area contributed by atoms with Crippen molar-refractivity contribution in [2.45, 2.75) is 63.2 Å². The second-order valence-corrected chi connectivity index (χ2v) is 6.01. The first-order chi connectivity index (χ1) is 9.97. The molecule has 1 radical (unpaired) electrons. The minimum Gasteiger partial charge on any atom is -0.349 e. The molecule has 0 atom stereocenters. The normalized spacial score (nSPS) is 18.2. The molecule has 1 amide bonds. The second kappa shape index (κ2) is 6.58. The molecule has 4 nitrogen and oxygen atoms in total. The van der Waals surface area contributed by atoms with Crippen molar-refractivity contribution < 1.29 is 15.0 Å². The fourth-order valence-corrected chi connectivity index (χ4v) is 3.16. The van der Waals surface area contributed by atoms with Crippen LogP contribution in [-0.4, -0.2) is 22.0 Å². The van der Waals surface area contributed by atoms with Crippen molar-refractivity contribution in [1.29, 1.82) is 0 Å². The molecule has 1 aliphatic carbocycles. The third-order valence-corrected chi connectivity index (χ3v) is 4.42. The average Bonchev–Trinajstić information content (AvgIpc) is 2.48. The summed E-state index contributed by atoms with van der Waals surface area (Å²) in [5.41, 5.74) is 0.825. The van der Waals surface area contributed by atoms with Gasteiger partial charge in [-0.2, -0.15) is 0 Å². The summed E-state index contributed by atoms with van der Waals surface area (Å²) in [6.07, 6.45) is 5.59. The molecule has 3 N–H and O–H groups in total. The highest BCUT2D eigenvalue weighted by Crippen LogP contribution is 2.42. The SMILES string of the molecule is CCC(O)(O)NC(=O)CC1(c2[c]cccc2)CCCCC1. The van der Waals surface area contributed by atoms with E-state index in [9.17, 15) is 15.0 Å². The molecule has 0 aromatic heterocycles. The van der Waals surface area contributed by atoms with Crippen molar-refractivity contribution in [2.75, 3.05) is 0 Å². The summed E-state index contributed by atoms with van der Waals surface area (Å²) in [7, 11) is 0. The first kappa shape index (κ1) is 16.0. The van der Waals surface area contributed by atoms with E-state index in [-0.39, 0.29) is 24.2 Å². The predicted molar refractivity (Wildman–Crippen MR) is 80.3 cm³/mol. The number of hydrogen-bond acceptors (Lipinski definition) is 3. The lowest BCUT2D eigenvalue weighted by Gasteiger charge is -2.38. The molecule has 0 unspecified atom stereocenters. The van der Waals surface area contributed by atoms with Gasteiger partial charge in [0.15, 0.2) is 0 Å². The Hall–Kier alpha value is -1.39. The molecular weight excluding hydrogens is 266 g/mol. The standard InChI is InChI=1S/C17H24NO3/c1-2-17(20,21)18-15(19)13-16(11-7-4-8-12-16)14-9-5-3-6-10-14/h3,5-6,9,20-21H,2,4,7-8,11-13H2,1H3,(H,18,19). The second-order valence-electron chi connectivity index (χ2n) is 6.01. The quantitative estimate of drug-likeness (QED) is 0.728. The Morgan fingerprint density at radius 1 is 1.33 bits per heavy atom. The Balaban J connectivity index is 2.16. The first-order valence-corrected chi connectivity index (χ1v) is 7.70. The molecule has 0 heterocycles. The zero-order valence-electron chi connectivity index (χ0n) is 12.6. The fraction of sp³-hybridized carbons (Fsp3) is 0.588. The molecule has 1 aliphatic rings. The smallest absolute Gasteiger partial charge is 0.246 e. The van der Waals surface area contributed by atoms with Gasteiger partial charge in [-0.3, -0.25) is 4.79 Å².